The van der Waals surface area contributed by atoms with Crippen LogP contribution in [0.15, 0.2) is 48.5 Å². The van der Waals surface area contributed by atoms with E-state index in [4.69, 9.17) is 24.4 Å². The van der Waals surface area contributed by atoms with Gasteiger partial charge in [-0.1, -0.05) is 126 Å². The van der Waals surface area contributed by atoms with E-state index in [0.717, 1.165) is 72.6 Å². The van der Waals surface area contributed by atoms with Gasteiger partial charge in [0.25, 0.3) is 11.8 Å². The number of hydrogen-bond acceptors (Lipinski definition) is 4. The Hall–Kier alpha value is -3.48. The first-order valence-corrected chi connectivity index (χ1v) is 16.6. The van der Waals surface area contributed by atoms with E-state index in [-0.39, 0.29) is 11.8 Å². The third-order valence-corrected chi connectivity index (χ3v) is 10.6. The molecule has 7 rings (SSSR count). The van der Waals surface area contributed by atoms with E-state index < -0.39 is 0 Å². The number of carbonyl (C=O) groups is 2. The topological polar surface area (TPSA) is 40.6 Å². The molecule has 2 aliphatic rings. The van der Waals surface area contributed by atoms with Crippen molar-refractivity contribution in [2.24, 2.45) is 0 Å². The molecule has 218 valence electrons. The fourth-order valence-corrected chi connectivity index (χ4v) is 8.00. The van der Waals surface area contributed by atoms with Crippen LogP contribution in [0, 0.1) is 0 Å². The molecule has 43 heavy (non-hydrogen) atoms. The first-order chi connectivity index (χ1) is 20.9. The summed E-state index contributed by atoms with van der Waals surface area (Å²) in [6.45, 7) is 2.92. The van der Waals surface area contributed by atoms with Gasteiger partial charge in [-0.2, -0.15) is 0 Å². The highest BCUT2D eigenvalue weighted by atomic mass is 32.1. The number of benzene rings is 5. The minimum absolute atomic E-state index is 0.00662. The second-order valence-corrected chi connectivity index (χ2v) is 13.0. The van der Waals surface area contributed by atoms with Gasteiger partial charge < -0.3 is 4.90 Å². The van der Waals surface area contributed by atoms with Crippen LogP contribution >= 0.6 is 24.4 Å². The van der Waals surface area contributed by atoms with Crippen LogP contribution in [0.3, 0.4) is 0 Å². The second kappa shape index (κ2) is 11.2. The standard InChI is InChI=1S/C37H36N2O2S2/c1-3-4-5-6-7-8-9-10-11-12-21-39-35(41)27-18-14-23-24-15-19-28-32-26(34(40)38(2)36(28)42)17-13-22(30(24)32)25-16-20-29(37(39)43)33(27)31(23)25/h13-20H,3-12,21H2,1-2H3. The molecule has 0 radical (unpaired) electrons. The predicted molar refractivity (Wildman–Crippen MR) is 186 cm³/mol. The molecule has 2 aliphatic heterocycles. The van der Waals surface area contributed by atoms with E-state index in [2.05, 4.69) is 37.3 Å². The third kappa shape index (κ3) is 4.36. The van der Waals surface area contributed by atoms with Crippen molar-refractivity contribution >= 4 is 89.3 Å². The molecule has 2 amide bonds. The predicted octanol–water partition coefficient (Wildman–Crippen LogP) is 9.55. The summed E-state index contributed by atoms with van der Waals surface area (Å²) in [7, 11) is 1.74. The van der Waals surface area contributed by atoms with Crippen LogP contribution in [0.2, 0.25) is 0 Å². The maximum atomic E-state index is 13.9. The molecule has 5 aromatic rings. The maximum Gasteiger partial charge on any atom is 0.259 e. The molecule has 0 N–H and O–H groups in total. The summed E-state index contributed by atoms with van der Waals surface area (Å²) in [6.07, 6.45) is 12.6. The van der Waals surface area contributed by atoms with Gasteiger partial charge in [0, 0.05) is 46.6 Å². The van der Waals surface area contributed by atoms with E-state index in [9.17, 15) is 9.59 Å². The zero-order valence-corrected chi connectivity index (χ0v) is 26.6. The second-order valence-electron chi connectivity index (χ2n) is 12.3. The van der Waals surface area contributed by atoms with Crippen LogP contribution < -0.4 is 0 Å². The van der Waals surface area contributed by atoms with Gasteiger partial charge in [0.05, 0.1) is 0 Å². The average molecular weight is 605 g/mol. The number of thiocarbonyl (C=S) groups is 2. The average Bonchev–Trinajstić information content (AvgIpc) is 3.02. The van der Waals surface area contributed by atoms with Gasteiger partial charge in [-0.15, -0.1) is 0 Å². The molecule has 0 aliphatic carbocycles. The fraction of sp³-hybridized carbons (Fsp3) is 0.351. The molecule has 0 fully saturated rings. The Morgan fingerprint density at radius 1 is 0.512 bits per heavy atom. The van der Waals surface area contributed by atoms with Crippen LogP contribution in [0.4, 0.5) is 0 Å². The van der Waals surface area contributed by atoms with Crippen molar-refractivity contribution in [1.29, 1.82) is 0 Å². The number of rotatable bonds is 11. The first kappa shape index (κ1) is 28.3. The molecule has 0 atom stereocenters. The van der Waals surface area contributed by atoms with E-state index in [0.29, 0.717) is 22.1 Å². The fourth-order valence-electron chi connectivity index (χ4n) is 7.40. The number of carbonyl (C=O) groups excluding carboxylic acids is 2. The van der Waals surface area contributed by atoms with Gasteiger partial charge in [-0.05, 0) is 50.9 Å². The lowest BCUT2D eigenvalue weighted by atomic mass is 9.82. The summed E-state index contributed by atoms with van der Waals surface area (Å²) < 4.78 is 0. The van der Waals surface area contributed by atoms with Crippen molar-refractivity contribution in [3.8, 4) is 0 Å². The molecule has 0 aromatic heterocycles. The van der Waals surface area contributed by atoms with Crippen molar-refractivity contribution in [3.63, 3.8) is 0 Å². The van der Waals surface area contributed by atoms with Crippen molar-refractivity contribution in [2.75, 3.05) is 13.6 Å². The van der Waals surface area contributed by atoms with Gasteiger partial charge in [0.15, 0.2) is 0 Å². The highest BCUT2D eigenvalue weighted by Gasteiger charge is 2.33. The number of unbranched alkanes of at least 4 members (excludes halogenated alkanes) is 9. The largest absolute Gasteiger partial charge is 0.302 e. The van der Waals surface area contributed by atoms with Gasteiger partial charge in [0.2, 0.25) is 0 Å². The summed E-state index contributed by atoms with van der Waals surface area (Å²) >= 11 is 11.7. The Kier molecular flexibility index (Phi) is 7.38. The Morgan fingerprint density at radius 2 is 0.930 bits per heavy atom. The van der Waals surface area contributed by atoms with Crippen molar-refractivity contribution in [3.05, 3.63) is 70.8 Å². The quantitative estimate of drug-likeness (QED) is 0.0652. The van der Waals surface area contributed by atoms with E-state index >= 15 is 0 Å². The first-order valence-electron chi connectivity index (χ1n) is 15.8. The van der Waals surface area contributed by atoms with Gasteiger partial charge in [-0.3, -0.25) is 14.5 Å². The van der Waals surface area contributed by atoms with E-state index in [1.165, 1.54) is 51.4 Å². The number of fused-ring (bicyclic) bond motifs is 2. The van der Waals surface area contributed by atoms with E-state index in [1.54, 1.807) is 11.9 Å². The SMILES string of the molecule is CCCCCCCCCCCCN1C(=O)c2ccc3c4ccc5c6c(ccc(c7ccc(c2c37)C1=S)c64)C(=O)N(C)C5=S. The van der Waals surface area contributed by atoms with E-state index in [1.807, 2.05) is 23.1 Å². The molecular weight excluding hydrogens is 569 g/mol. The van der Waals surface area contributed by atoms with Crippen LogP contribution in [0.5, 0.6) is 0 Å². The highest BCUT2D eigenvalue weighted by molar-refractivity contribution is 7.81. The normalized spacial score (nSPS) is 14.9. The molecule has 0 saturated heterocycles. The Bertz CT molecular complexity index is 1860. The smallest absolute Gasteiger partial charge is 0.259 e. The lowest BCUT2D eigenvalue weighted by Gasteiger charge is -2.31. The molecule has 0 spiro atoms. The summed E-state index contributed by atoms with van der Waals surface area (Å²) in [5.74, 6) is -0.0668. The Morgan fingerprint density at radius 3 is 1.44 bits per heavy atom. The summed E-state index contributed by atoms with van der Waals surface area (Å²) in [5.41, 5.74) is 3.29. The van der Waals surface area contributed by atoms with Crippen LogP contribution in [0.1, 0.15) is 103 Å². The van der Waals surface area contributed by atoms with Crippen LogP contribution in [-0.4, -0.2) is 45.2 Å². The molecule has 4 nitrogen and oxygen atoms in total. The molecule has 6 heteroatoms. The van der Waals surface area contributed by atoms with Gasteiger partial charge >= 0.3 is 0 Å². The third-order valence-electron chi connectivity index (χ3n) is 9.66. The number of amides is 2. The monoisotopic (exact) mass is 604 g/mol. The molecule has 2 heterocycles. The van der Waals surface area contributed by atoms with Gasteiger partial charge in [0.1, 0.15) is 9.98 Å². The highest BCUT2D eigenvalue weighted by Crippen LogP contribution is 2.46. The zero-order valence-electron chi connectivity index (χ0n) is 24.9. The molecule has 5 aromatic carbocycles. The molecule has 0 bridgehead atoms. The van der Waals surface area contributed by atoms with Crippen LogP contribution in [-0.2, 0) is 0 Å². The van der Waals surface area contributed by atoms with Crippen LogP contribution in [0.25, 0.3) is 43.1 Å². The number of nitrogens with zero attached hydrogens (tertiary/aromatic N) is 2. The molecular formula is C37H36N2O2S2. The summed E-state index contributed by atoms with van der Waals surface area (Å²) in [5, 5.41) is 8.29. The summed E-state index contributed by atoms with van der Waals surface area (Å²) in [6, 6.07) is 16.4. The lowest BCUT2D eigenvalue weighted by Crippen LogP contribution is -2.40. The molecule has 0 saturated carbocycles. The maximum absolute atomic E-state index is 13.9. The van der Waals surface area contributed by atoms with Crippen molar-refractivity contribution in [1.82, 2.24) is 9.80 Å². The Balaban J connectivity index is 1.21. The lowest BCUT2D eigenvalue weighted by molar-refractivity contribution is 0.0845. The van der Waals surface area contributed by atoms with Crippen molar-refractivity contribution < 1.29 is 9.59 Å². The number of hydrogen-bond donors (Lipinski definition) is 0. The minimum Gasteiger partial charge on any atom is -0.302 e. The zero-order chi connectivity index (χ0) is 29.8. The van der Waals surface area contributed by atoms with Crippen molar-refractivity contribution in [2.45, 2.75) is 71.1 Å². The van der Waals surface area contributed by atoms with Gasteiger partial charge in [-0.25, -0.2) is 0 Å². The Labute approximate surface area is 263 Å². The molecule has 0 unspecified atom stereocenters. The minimum atomic E-state index is -0.0734. The summed E-state index contributed by atoms with van der Waals surface area (Å²) in [4.78, 5) is 31.6.